The van der Waals surface area contributed by atoms with E-state index in [0.717, 1.165) is 19.4 Å². The summed E-state index contributed by atoms with van der Waals surface area (Å²) in [6.45, 7) is 5.27. The molecule has 0 amide bonds. The van der Waals surface area contributed by atoms with Crippen LogP contribution < -0.4 is 0 Å². The highest BCUT2D eigenvalue weighted by atomic mass is 16.4. The van der Waals surface area contributed by atoms with Crippen molar-refractivity contribution in [1.29, 1.82) is 0 Å². The molecule has 1 aromatic heterocycles. The quantitative estimate of drug-likeness (QED) is 0.874. The first-order valence-electron chi connectivity index (χ1n) is 6.92. The summed E-state index contributed by atoms with van der Waals surface area (Å²) in [7, 11) is 0. The van der Waals surface area contributed by atoms with Crippen LogP contribution in [0.3, 0.4) is 0 Å². The van der Waals surface area contributed by atoms with Crippen LogP contribution in [0.2, 0.25) is 0 Å². The Bertz CT molecular complexity index is 433. The lowest BCUT2D eigenvalue weighted by Crippen LogP contribution is -2.46. The number of likely N-dealkylation sites (tertiary alicyclic amines) is 1. The Morgan fingerprint density at radius 2 is 2.16 bits per heavy atom. The van der Waals surface area contributed by atoms with E-state index in [9.17, 15) is 9.90 Å². The van der Waals surface area contributed by atoms with E-state index in [0.29, 0.717) is 37.1 Å². The summed E-state index contributed by atoms with van der Waals surface area (Å²) in [6.07, 6.45) is 3.49. The van der Waals surface area contributed by atoms with Crippen LogP contribution in [-0.4, -0.2) is 38.8 Å². The number of carbonyl (C=O) groups is 1. The number of rotatable bonds is 5. The van der Waals surface area contributed by atoms with Crippen LogP contribution in [0.4, 0.5) is 0 Å². The Kier molecular flexibility index (Phi) is 4.52. The average Bonchev–Trinajstić information content (AvgIpc) is 2.86. The van der Waals surface area contributed by atoms with Crippen LogP contribution in [0.5, 0.6) is 0 Å². The van der Waals surface area contributed by atoms with Crippen molar-refractivity contribution in [2.75, 3.05) is 6.54 Å². The molecule has 19 heavy (non-hydrogen) atoms. The van der Waals surface area contributed by atoms with E-state index in [1.54, 1.807) is 0 Å². The number of aromatic nitrogens is 2. The number of nitrogens with zero attached hydrogens (tertiary/aromatic N) is 3. The lowest BCUT2D eigenvalue weighted by atomic mass is 9.89. The number of carboxylic acid groups (broad SMARTS) is 1. The van der Waals surface area contributed by atoms with Gasteiger partial charge in [-0.15, -0.1) is 10.2 Å². The minimum Gasteiger partial charge on any atom is -0.480 e. The number of hydrogen-bond acceptors (Lipinski definition) is 5. The highest BCUT2D eigenvalue weighted by Crippen LogP contribution is 2.26. The van der Waals surface area contributed by atoms with Gasteiger partial charge >= 0.3 is 5.97 Å². The molecule has 2 atom stereocenters. The molecule has 2 rings (SSSR count). The fraction of sp³-hybridized carbons (Fsp3) is 0.769. The second-order valence-corrected chi connectivity index (χ2v) is 5.07. The number of carboxylic acids is 1. The van der Waals surface area contributed by atoms with Gasteiger partial charge in [0, 0.05) is 6.42 Å². The van der Waals surface area contributed by atoms with E-state index < -0.39 is 12.0 Å². The van der Waals surface area contributed by atoms with E-state index in [-0.39, 0.29) is 0 Å². The summed E-state index contributed by atoms with van der Waals surface area (Å²) in [6, 6.07) is -0.435. The highest BCUT2D eigenvalue weighted by Gasteiger charge is 2.33. The van der Waals surface area contributed by atoms with Crippen molar-refractivity contribution in [3.8, 4) is 0 Å². The van der Waals surface area contributed by atoms with Crippen LogP contribution in [0.1, 0.15) is 44.9 Å². The van der Waals surface area contributed by atoms with Crippen LogP contribution in [0.15, 0.2) is 4.42 Å². The Morgan fingerprint density at radius 3 is 2.74 bits per heavy atom. The monoisotopic (exact) mass is 267 g/mol. The molecule has 1 aliphatic rings. The maximum atomic E-state index is 11.4. The molecule has 1 aliphatic heterocycles. The maximum absolute atomic E-state index is 11.4. The van der Waals surface area contributed by atoms with Crippen molar-refractivity contribution >= 4 is 5.97 Å². The largest absolute Gasteiger partial charge is 0.480 e. The number of piperidine rings is 1. The van der Waals surface area contributed by atoms with Gasteiger partial charge in [0.2, 0.25) is 11.8 Å². The van der Waals surface area contributed by atoms with Gasteiger partial charge in [-0.3, -0.25) is 9.69 Å². The minimum atomic E-state index is -0.756. The molecule has 0 radical (unpaired) electrons. The first kappa shape index (κ1) is 14.0. The van der Waals surface area contributed by atoms with E-state index in [4.69, 9.17) is 4.42 Å². The molecule has 106 valence electrons. The summed E-state index contributed by atoms with van der Waals surface area (Å²) in [5, 5.41) is 17.2. The summed E-state index contributed by atoms with van der Waals surface area (Å²) in [5.74, 6) is 0.864. The van der Waals surface area contributed by atoms with Crippen molar-refractivity contribution in [3.05, 3.63) is 11.8 Å². The van der Waals surface area contributed by atoms with Crippen molar-refractivity contribution < 1.29 is 14.3 Å². The van der Waals surface area contributed by atoms with Crippen molar-refractivity contribution in [2.24, 2.45) is 5.92 Å². The molecule has 6 nitrogen and oxygen atoms in total. The van der Waals surface area contributed by atoms with Gasteiger partial charge in [0.1, 0.15) is 6.04 Å². The molecular weight excluding hydrogens is 246 g/mol. The van der Waals surface area contributed by atoms with E-state index in [1.165, 1.54) is 0 Å². The number of aliphatic carboxylic acids is 1. The van der Waals surface area contributed by atoms with Crippen LogP contribution in [0, 0.1) is 5.92 Å². The minimum absolute atomic E-state index is 0.431. The number of aryl methyl sites for hydroxylation is 1. The van der Waals surface area contributed by atoms with Gasteiger partial charge in [0.15, 0.2) is 0 Å². The predicted molar refractivity (Wildman–Crippen MR) is 68.5 cm³/mol. The zero-order chi connectivity index (χ0) is 13.8. The van der Waals surface area contributed by atoms with E-state index in [2.05, 4.69) is 17.1 Å². The predicted octanol–water partition coefficient (Wildman–Crippen LogP) is 1.71. The molecule has 6 heteroatoms. The molecule has 1 N–H and O–H groups in total. The third kappa shape index (κ3) is 3.32. The average molecular weight is 267 g/mol. The molecule has 2 heterocycles. The second kappa shape index (κ2) is 6.14. The zero-order valence-corrected chi connectivity index (χ0v) is 11.5. The van der Waals surface area contributed by atoms with Crippen LogP contribution in [-0.2, 0) is 17.8 Å². The third-order valence-electron chi connectivity index (χ3n) is 3.83. The van der Waals surface area contributed by atoms with Gasteiger partial charge in [-0.1, -0.05) is 20.3 Å². The molecule has 2 unspecified atom stereocenters. The van der Waals surface area contributed by atoms with Crippen molar-refractivity contribution in [1.82, 2.24) is 15.1 Å². The molecule has 0 bridgehead atoms. The maximum Gasteiger partial charge on any atom is 0.320 e. The Hall–Kier alpha value is -1.43. The topological polar surface area (TPSA) is 79.5 Å². The fourth-order valence-electron chi connectivity index (χ4n) is 2.57. The molecular formula is C13H21N3O3. The second-order valence-electron chi connectivity index (χ2n) is 5.07. The zero-order valence-electron chi connectivity index (χ0n) is 11.5. The molecule has 1 fully saturated rings. The standard InChI is InChI=1S/C13H21N3O3/c1-3-9-5-6-16(10(7-9)13(17)18)8-12-15-14-11(4-2)19-12/h9-10H,3-8H2,1-2H3,(H,17,18). The molecule has 1 saturated heterocycles. The van der Waals surface area contributed by atoms with Crippen molar-refractivity contribution in [2.45, 2.75) is 52.1 Å². The Morgan fingerprint density at radius 1 is 1.42 bits per heavy atom. The molecule has 1 aromatic rings. The Balaban J connectivity index is 2.03. The van der Waals surface area contributed by atoms with Gasteiger partial charge in [-0.25, -0.2) is 0 Å². The molecule has 0 spiro atoms. The van der Waals surface area contributed by atoms with Crippen LogP contribution in [0.25, 0.3) is 0 Å². The summed E-state index contributed by atoms with van der Waals surface area (Å²) in [4.78, 5) is 13.3. The van der Waals surface area contributed by atoms with Gasteiger partial charge in [-0.2, -0.15) is 0 Å². The van der Waals surface area contributed by atoms with Gasteiger partial charge in [0.25, 0.3) is 0 Å². The number of hydrogen-bond donors (Lipinski definition) is 1. The smallest absolute Gasteiger partial charge is 0.320 e. The van der Waals surface area contributed by atoms with Gasteiger partial charge in [-0.05, 0) is 25.3 Å². The fourth-order valence-corrected chi connectivity index (χ4v) is 2.57. The summed E-state index contributed by atoms with van der Waals surface area (Å²) >= 11 is 0. The SMILES string of the molecule is CCc1nnc(CN2CCC(CC)CC2C(=O)O)o1. The van der Waals surface area contributed by atoms with Crippen molar-refractivity contribution in [3.63, 3.8) is 0 Å². The molecule has 0 aliphatic carbocycles. The molecule has 0 saturated carbocycles. The van der Waals surface area contributed by atoms with E-state index >= 15 is 0 Å². The lowest BCUT2D eigenvalue weighted by Gasteiger charge is -2.35. The third-order valence-corrected chi connectivity index (χ3v) is 3.83. The summed E-state index contributed by atoms with van der Waals surface area (Å²) < 4.78 is 5.46. The van der Waals surface area contributed by atoms with Gasteiger partial charge < -0.3 is 9.52 Å². The first-order valence-corrected chi connectivity index (χ1v) is 6.92. The van der Waals surface area contributed by atoms with E-state index in [1.807, 2.05) is 11.8 Å². The summed E-state index contributed by atoms with van der Waals surface area (Å²) in [5.41, 5.74) is 0. The normalized spacial score (nSPS) is 24.5. The highest BCUT2D eigenvalue weighted by molar-refractivity contribution is 5.73. The van der Waals surface area contributed by atoms with Crippen LogP contribution >= 0.6 is 0 Å². The lowest BCUT2D eigenvalue weighted by molar-refractivity contribution is -0.146. The first-order chi connectivity index (χ1) is 9.13. The Labute approximate surface area is 112 Å². The van der Waals surface area contributed by atoms with Gasteiger partial charge in [0.05, 0.1) is 6.54 Å². The molecule has 0 aromatic carbocycles.